The van der Waals surface area contributed by atoms with Crippen LogP contribution in [0, 0.1) is 0 Å². The minimum Gasteiger partial charge on any atom is -0.310 e. The van der Waals surface area contributed by atoms with Gasteiger partial charge >= 0.3 is 0 Å². The van der Waals surface area contributed by atoms with Gasteiger partial charge in [0.1, 0.15) is 0 Å². The highest BCUT2D eigenvalue weighted by atomic mass is 32.2. The zero-order valence-electron chi connectivity index (χ0n) is 13.2. The van der Waals surface area contributed by atoms with Crippen LogP contribution in [0.4, 0.5) is 0 Å². The van der Waals surface area contributed by atoms with Gasteiger partial charge < -0.3 is 5.32 Å². The predicted molar refractivity (Wildman–Crippen MR) is 85.8 cm³/mol. The Labute approximate surface area is 128 Å². The van der Waals surface area contributed by atoms with E-state index in [0.717, 1.165) is 24.8 Å². The summed E-state index contributed by atoms with van der Waals surface area (Å²) in [6.45, 7) is 8.30. The van der Waals surface area contributed by atoms with Gasteiger partial charge in [0.05, 0.1) is 4.90 Å². The van der Waals surface area contributed by atoms with E-state index < -0.39 is 10.0 Å². The van der Waals surface area contributed by atoms with E-state index in [2.05, 4.69) is 26.1 Å². The highest BCUT2D eigenvalue weighted by Crippen LogP contribution is 2.23. The Balaban J connectivity index is 2.30. The molecule has 0 radical (unpaired) electrons. The van der Waals surface area contributed by atoms with Crippen molar-refractivity contribution in [3.05, 3.63) is 29.3 Å². The number of hydrogen-bond acceptors (Lipinski definition) is 3. The lowest BCUT2D eigenvalue weighted by atomic mass is 10.1. The molecular formula is C16H26N2O2S. The van der Waals surface area contributed by atoms with Gasteiger partial charge in [-0.1, -0.05) is 26.8 Å². The molecule has 1 fully saturated rings. The summed E-state index contributed by atoms with van der Waals surface area (Å²) in [5.41, 5.74) is 2.30. The lowest BCUT2D eigenvalue weighted by molar-refractivity contribution is 0.477. The second-order valence-electron chi connectivity index (χ2n) is 5.93. The molecule has 1 heterocycles. The minimum absolute atomic E-state index is 0.383. The zero-order valence-corrected chi connectivity index (χ0v) is 14.0. The van der Waals surface area contributed by atoms with Crippen molar-refractivity contribution >= 4 is 10.0 Å². The first-order valence-electron chi connectivity index (χ1n) is 7.80. The average Bonchev–Trinajstić information content (AvgIpc) is 2.99. The molecule has 1 aromatic rings. The number of nitrogens with one attached hydrogen (secondary N) is 1. The highest BCUT2D eigenvalue weighted by molar-refractivity contribution is 7.89. The summed E-state index contributed by atoms with van der Waals surface area (Å²) in [6, 6.07) is 5.95. The molecular weight excluding hydrogens is 284 g/mol. The Bertz CT molecular complexity index is 576. The summed E-state index contributed by atoms with van der Waals surface area (Å²) >= 11 is 0. The van der Waals surface area contributed by atoms with E-state index in [1.54, 1.807) is 10.4 Å². The average molecular weight is 310 g/mol. The van der Waals surface area contributed by atoms with E-state index in [1.807, 2.05) is 12.1 Å². The molecule has 118 valence electrons. The Morgan fingerprint density at radius 1 is 1.19 bits per heavy atom. The first-order chi connectivity index (χ1) is 9.95. The van der Waals surface area contributed by atoms with Crippen LogP contribution in [0.15, 0.2) is 23.1 Å². The Hall–Kier alpha value is -0.910. The van der Waals surface area contributed by atoms with Crippen molar-refractivity contribution in [2.75, 3.05) is 13.1 Å². The second kappa shape index (κ2) is 6.90. The van der Waals surface area contributed by atoms with E-state index in [4.69, 9.17) is 0 Å². The Morgan fingerprint density at radius 3 is 2.43 bits per heavy atom. The standard InChI is InChI=1S/C16H26N2O2S/c1-4-14-7-8-16(11-15(14)12-17-13(2)3)21(19,20)18-9-5-6-10-18/h7-8,11,13,17H,4-6,9-10,12H2,1-3H3. The maximum absolute atomic E-state index is 12.6. The van der Waals surface area contributed by atoms with Crippen LogP contribution in [-0.4, -0.2) is 31.9 Å². The zero-order chi connectivity index (χ0) is 15.5. The summed E-state index contributed by atoms with van der Waals surface area (Å²) in [5.74, 6) is 0. The molecule has 1 aliphatic rings. The Kier molecular flexibility index (Phi) is 5.41. The quantitative estimate of drug-likeness (QED) is 0.878. The van der Waals surface area contributed by atoms with Crippen molar-refractivity contribution in [1.29, 1.82) is 0 Å². The van der Waals surface area contributed by atoms with Crippen LogP contribution >= 0.6 is 0 Å². The lowest BCUT2D eigenvalue weighted by Crippen LogP contribution is -2.28. The topological polar surface area (TPSA) is 49.4 Å². The fourth-order valence-corrected chi connectivity index (χ4v) is 4.23. The third kappa shape index (κ3) is 3.84. The van der Waals surface area contributed by atoms with Crippen LogP contribution in [0.25, 0.3) is 0 Å². The van der Waals surface area contributed by atoms with E-state index in [-0.39, 0.29) is 0 Å². The molecule has 1 aliphatic heterocycles. The van der Waals surface area contributed by atoms with Crippen LogP contribution in [0.1, 0.15) is 44.7 Å². The monoisotopic (exact) mass is 310 g/mol. The molecule has 5 heteroatoms. The van der Waals surface area contributed by atoms with Crippen molar-refractivity contribution in [1.82, 2.24) is 9.62 Å². The number of aryl methyl sites for hydroxylation is 1. The molecule has 1 N–H and O–H groups in total. The van der Waals surface area contributed by atoms with Crippen molar-refractivity contribution in [2.45, 2.75) is 57.5 Å². The number of hydrogen-bond donors (Lipinski definition) is 1. The summed E-state index contributed by atoms with van der Waals surface area (Å²) in [5, 5.41) is 3.38. The second-order valence-corrected chi connectivity index (χ2v) is 7.87. The third-order valence-electron chi connectivity index (χ3n) is 3.96. The van der Waals surface area contributed by atoms with Gasteiger partial charge in [-0.05, 0) is 42.5 Å². The van der Waals surface area contributed by atoms with Crippen molar-refractivity contribution in [3.8, 4) is 0 Å². The van der Waals surface area contributed by atoms with Crippen molar-refractivity contribution in [2.24, 2.45) is 0 Å². The van der Waals surface area contributed by atoms with E-state index in [1.165, 1.54) is 5.56 Å². The first-order valence-corrected chi connectivity index (χ1v) is 9.24. The molecule has 0 atom stereocenters. The molecule has 4 nitrogen and oxygen atoms in total. The molecule has 0 aromatic heterocycles. The molecule has 2 rings (SSSR count). The van der Waals surface area contributed by atoms with Gasteiger partial charge in [0.15, 0.2) is 0 Å². The smallest absolute Gasteiger partial charge is 0.243 e. The number of rotatable bonds is 6. The maximum Gasteiger partial charge on any atom is 0.243 e. The normalized spacial score (nSPS) is 16.8. The highest BCUT2D eigenvalue weighted by Gasteiger charge is 2.27. The van der Waals surface area contributed by atoms with Gasteiger partial charge in [-0.3, -0.25) is 0 Å². The molecule has 0 spiro atoms. The molecule has 0 unspecified atom stereocenters. The fraction of sp³-hybridized carbons (Fsp3) is 0.625. The molecule has 1 saturated heterocycles. The van der Waals surface area contributed by atoms with Gasteiger partial charge in [0.25, 0.3) is 0 Å². The van der Waals surface area contributed by atoms with E-state index in [9.17, 15) is 8.42 Å². The summed E-state index contributed by atoms with van der Waals surface area (Å²) in [7, 11) is -3.32. The van der Waals surface area contributed by atoms with Gasteiger partial charge in [0, 0.05) is 25.7 Å². The van der Waals surface area contributed by atoms with Crippen LogP contribution in [0.2, 0.25) is 0 Å². The van der Waals surface area contributed by atoms with E-state index in [0.29, 0.717) is 30.6 Å². The van der Waals surface area contributed by atoms with Gasteiger partial charge in [0.2, 0.25) is 10.0 Å². The van der Waals surface area contributed by atoms with Crippen LogP contribution < -0.4 is 5.32 Å². The lowest BCUT2D eigenvalue weighted by Gasteiger charge is -2.18. The minimum atomic E-state index is -3.32. The van der Waals surface area contributed by atoms with Crippen LogP contribution in [0.5, 0.6) is 0 Å². The van der Waals surface area contributed by atoms with Gasteiger partial charge in [-0.25, -0.2) is 8.42 Å². The largest absolute Gasteiger partial charge is 0.310 e. The molecule has 1 aromatic carbocycles. The van der Waals surface area contributed by atoms with Crippen LogP contribution in [-0.2, 0) is 23.0 Å². The van der Waals surface area contributed by atoms with E-state index >= 15 is 0 Å². The van der Waals surface area contributed by atoms with Crippen molar-refractivity contribution < 1.29 is 8.42 Å². The molecule has 0 aliphatic carbocycles. The summed E-state index contributed by atoms with van der Waals surface area (Å²) in [4.78, 5) is 0.433. The number of nitrogens with zero attached hydrogens (tertiary/aromatic N) is 1. The molecule has 0 saturated carbocycles. The Morgan fingerprint density at radius 2 is 1.86 bits per heavy atom. The predicted octanol–water partition coefficient (Wildman–Crippen LogP) is 2.53. The number of sulfonamides is 1. The summed E-state index contributed by atoms with van der Waals surface area (Å²) < 4.78 is 26.9. The van der Waals surface area contributed by atoms with Gasteiger partial charge in [-0.15, -0.1) is 0 Å². The third-order valence-corrected chi connectivity index (χ3v) is 5.86. The molecule has 21 heavy (non-hydrogen) atoms. The maximum atomic E-state index is 12.6. The fourth-order valence-electron chi connectivity index (χ4n) is 2.66. The molecule has 0 amide bonds. The SMILES string of the molecule is CCc1ccc(S(=O)(=O)N2CCCC2)cc1CNC(C)C. The molecule has 0 bridgehead atoms. The summed E-state index contributed by atoms with van der Waals surface area (Å²) in [6.07, 6.45) is 2.85. The van der Waals surface area contributed by atoms with Crippen LogP contribution in [0.3, 0.4) is 0 Å². The number of benzene rings is 1. The van der Waals surface area contributed by atoms with Gasteiger partial charge in [-0.2, -0.15) is 4.31 Å². The first kappa shape index (κ1) is 16.5. The van der Waals surface area contributed by atoms with Crippen molar-refractivity contribution in [3.63, 3.8) is 0 Å².